The molecule has 3 fully saturated rings. The molecule has 0 aromatic heterocycles. The van der Waals surface area contributed by atoms with E-state index in [1.54, 1.807) is 0 Å². The van der Waals surface area contributed by atoms with Crippen molar-refractivity contribution in [3.05, 3.63) is 0 Å². The van der Waals surface area contributed by atoms with Gasteiger partial charge in [0.2, 0.25) is 0 Å². The maximum atomic E-state index is 3.46. The number of rotatable bonds is 4. The molecule has 2 saturated heterocycles. The van der Waals surface area contributed by atoms with E-state index in [1.165, 1.54) is 71.2 Å². The highest BCUT2D eigenvalue weighted by atomic mass is 15.2. The second-order valence-electron chi connectivity index (χ2n) is 6.31. The van der Waals surface area contributed by atoms with Gasteiger partial charge in [-0.25, -0.2) is 0 Å². The molecule has 3 aliphatic rings. The number of likely N-dealkylation sites (tertiary alicyclic amines) is 1. The molecule has 3 rings (SSSR count). The van der Waals surface area contributed by atoms with Crippen LogP contribution in [0.2, 0.25) is 0 Å². The summed E-state index contributed by atoms with van der Waals surface area (Å²) in [7, 11) is 0. The van der Waals surface area contributed by atoms with Crippen LogP contribution in [0, 0.1) is 17.8 Å². The van der Waals surface area contributed by atoms with E-state index < -0.39 is 0 Å². The summed E-state index contributed by atoms with van der Waals surface area (Å²) in [6.07, 6.45) is 8.89. The van der Waals surface area contributed by atoms with Gasteiger partial charge in [-0.1, -0.05) is 6.42 Å². The lowest BCUT2D eigenvalue weighted by molar-refractivity contribution is 0.0474. The SMILES string of the molecule is C1CC(CN2CC(CC3CCNCC3)C2)C1. The van der Waals surface area contributed by atoms with Crippen molar-refractivity contribution in [3.8, 4) is 0 Å². The van der Waals surface area contributed by atoms with Crippen LogP contribution in [-0.4, -0.2) is 37.6 Å². The Kier molecular flexibility index (Phi) is 3.49. The monoisotopic (exact) mass is 222 g/mol. The van der Waals surface area contributed by atoms with Crippen LogP contribution in [-0.2, 0) is 0 Å². The van der Waals surface area contributed by atoms with E-state index in [4.69, 9.17) is 0 Å². The highest BCUT2D eigenvalue weighted by molar-refractivity contribution is 4.85. The fraction of sp³-hybridized carbons (Fsp3) is 1.00. The van der Waals surface area contributed by atoms with Crippen molar-refractivity contribution in [2.75, 3.05) is 32.7 Å². The summed E-state index contributed by atoms with van der Waals surface area (Å²) in [5.41, 5.74) is 0. The fourth-order valence-electron chi connectivity index (χ4n) is 3.60. The zero-order chi connectivity index (χ0) is 10.8. The lowest BCUT2D eigenvalue weighted by Crippen LogP contribution is -2.50. The van der Waals surface area contributed by atoms with Crippen LogP contribution in [0.5, 0.6) is 0 Å². The number of nitrogens with one attached hydrogen (secondary N) is 1. The average molecular weight is 222 g/mol. The van der Waals surface area contributed by atoms with Gasteiger partial charge < -0.3 is 10.2 Å². The normalized spacial score (nSPS) is 30.0. The fourth-order valence-corrected chi connectivity index (χ4v) is 3.60. The summed E-state index contributed by atoms with van der Waals surface area (Å²) in [5.74, 6) is 3.15. The zero-order valence-corrected chi connectivity index (χ0v) is 10.5. The number of hydrogen-bond acceptors (Lipinski definition) is 2. The lowest BCUT2D eigenvalue weighted by Gasteiger charge is -2.44. The molecule has 0 radical (unpaired) electrons. The molecule has 92 valence electrons. The molecule has 0 aromatic carbocycles. The third-order valence-corrected chi connectivity index (χ3v) is 4.90. The van der Waals surface area contributed by atoms with Gasteiger partial charge in [0.25, 0.3) is 0 Å². The Hall–Kier alpha value is -0.0800. The topological polar surface area (TPSA) is 15.3 Å². The molecule has 2 heterocycles. The van der Waals surface area contributed by atoms with E-state index in [2.05, 4.69) is 10.2 Å². The minimum atomic E-state index is 1.04. The average Bonchev–Trinajstić information content (AvgIpc) is 2.20. The first-order chi connectivity index (χ1) is 7.90. The smallest absolute Gasteiger partial charge is 0.00222 e. The van der Waals surface area contributed by atoms with Crippen molar-refractivity contribution in [1.29, 1.82) is 0 Å². The summed E-state index contributed by atoms with van der Waals surface area (Å²) in [6.45, 7) is 6.79. The van der Waals surface area contributed by atoms with Crippen LogP contribution in [0.3, 0.4) is 0 Å². The van der Waals surface area contributed by atoms with E-state index in [9.17, 15) is 0 Å². The second kappa shape index (κ2) is 5.05. The Bertz CT molecular complexity index is 213. The highest BCUT2D eigenvalue weighted by Crippen LogP contribution is 2.32. The maximum Gasteiger partial charge on any atom is 0.00222 e. The molecule has 1 saturated carbocycles. The summed E-state index contributed by atoms with van der Waals surface area (Å²) in [4.78, 5) is 2.70. The molecular formula is C14H26N2. The van der Waals surface area contributed by atoms with Crippen LogP contribution in [0.1, 0.15) is 38.5 Å². The molecule has 0 amide bonds. The molecule has 1 aliphatic carbocycles. The molecule has 2 nitrogen and oxygen atoms in total. The highest BCUT2D eigenvalue weighted by Gasteiger charge is 2.31. The predicted molar refractivity (Wildman–Crippen MR) is 67.5 cm³/mol. The number of hydrogen-bond donors (Lipinski definition) is 1. The summed E-state index contributed by atoms with van der Waals surface area (Å²) < 4.78 is 0. The molecule has 16 heavy (non-hydrogen) atoms. The van der Waals surface area contributed by atoms with Crippen molar-refractivity contribution in [2.24, 2.45) is 17.8 Å². The number of piperidine rings is 1. The van der Waals surface area contributed by atoms with E-state index >= 15 is 0 Å². The summed E-state index contributed by atoms with van der Waals surface area (Å²) >= 11 is 0. The van der Waals surface area contributed by atoms with Gasteiger partial charge in [0, 0.05) is 19.6 Å². The third-order valence-electron chi connectivity index (χ3n) is 4.90. The first kappa shape index (κ1) is 11.0. The van der Waals surface area contributed by atoms with Crippen LogP contribution in [0.25, 0.3) is 0 Å². The first-order valence-electron chi connectivity index (χ1n) is 7.33. The van der Waals surface area contributed by atoms with Gasteiger partial charge in [0.1, 0.15) is 0 Å². The minimum absolute atomic E-state index is 1.04. The first-order valence-corrected chi connectivity index (χ1v) is 7.33. The molecule has 0 spiro atoms. The molecule has 0 aromatic rings. The largest absolute Gasteiger partial charge is 0.317 e. The summed E-state index contributed by atoms with van der Waals surface area (Å²) in [5, 5.41) is 3.46. The standard InChI is InChI=1S/C14H26N2/c1-2-13(3-1)9-16-10-14(11-16)8-12-4-6-15-7-5-12/h12-15H,1-11H2. The van der Waals surface area contributed by atoms with E-state index in [-0.39, 0.29) is 0 Å². The van der Waals surface area contributed by atoms with Gasteiger partial charge in [-0.3, -0.25) is 0 Å². The quantitative estimate of drug-likeness (QED) is 0.784. The van der Waals surface area contributed by atoms with Crippen LogP contribution in [0.15, 0.2) is 0 Å². The van der Waals surface area contributed by atoms with Crippen LogP contribution < -0.4 is 5.32 Å². The molecule has 2 aliphatic heterocycles. The Morgan fingerprint density at radius 2 is 1.62 bits per heavy atom. The van der Waals surface area contributed by atoms with E-state index in [0.717, 1.165) is 17.8 Å². The molecule has 2 heteroatoms. The van der Waals surface area contributed by atoms with Crippen LogP contribution >= 0.6 is 0 Å². The third kappa shape index (κ3) is 2.60. The van der Waals surface area contributed by atoms with Crippen LogP contribution in [0.4, 0.5) is 0 Å². The zero-order valence-electron chi connectivity index (χ0n) is 10.5. The van der Waals surface area contributed by atoms with Crippen molar-refractivity contribution < 1.29 is 0 Å². The van der Waals surface area contributed by atoms with Gasteiger partial charge in [-0.15, -0.1) is 0 Å². The molecule has 0 unspecified atom stereocenters. The molecule has 0 bridgehead atoms. The Morgan fingerprint density at radius 1 is 0.875 bits per heavy atom. The second-order valence-corrected chi connectivity index (χ2v) is 6.31. The van der Waals surface area contributed by atoms with Crippen molar-refractivity contribution >= 4 is 0 Å². The van der Waals surface area contributed by atoms with E-state index in [0.29, 0.717) is 0 Å². The van der Waals surface area contributed by atoms with Gasteiger partial charge in [-0.05, 0) is 62.9 Å². The molecular weight excluding hydrogens is 196 g/mol. The molecule has 1 N–H and O–H groups in total. The van der Waals surface area contributed by atoms with Crippen molar-refractivity contribution in [1.82, 2.24) is 10.2 Å². The van der Waals surface area contributed by atoms with Gasteiger partial charge in [0.15, 0.2) is 0 Å². The summed E-state index contributed by atoms with van der Waals surface area (Å²) in [6, 6.07) is 0. The maximum absolute atomic E-state index is 3.46. The Morgan fingerprint density at radius 3 is 2.25 bits per heavy atom. The Labute approximate surface area is 99.8 Å². The van der Waals surface area contributed by atoms with Gasteiger partial charge >= 0.3 is 0 Å². The van der Waals surface area contributed by atoms with Crippen molar-refractivity contribution in [2.45, 2.75) is 38.5 Å². The van der Waals surface area contributed by atoms with Crippen molar-refractivity contribution in [3.63, 3.8) is 0 Å². The lowest BCUT2D eigenvalue weighted by atomic mass is 9.81. The van der Waals surface area contributed by atoms with E-state index in [1.807, 2.05) is 0 Å². The minimum Gasteiger partial charge on any atom is -0.317 e. The number of nitrogens with zero attached hydrogens (tertiary/aromatic N) is 1. The Balaban J connectivity index is 1.30. The van der Waals surface area contributed by atoms with Gasteiger partial charge in [-0.2, -0.15) is 0 Å². The molecule has 0 atom stereocenters. The van der Waals surface area contributed by atoms with Gasteiger partial charge in [0.05, 0.1) is 0 Å². The predicted octanol–water partition coefficient (Wildman–Crippen LogP) is 2.11.